The Balaban J connectivity index is 1.95. The Labute approximate surface area is 121 Å². The van der Waals surface area contributed by atoms with Crippen molar-refractivity contribution in [1.82, 2.24) is 0 Å². The summed E-state index contributed by atoms with van der Waals surface area (Å²) in [6, 6.07) is 14.8. The van der Waals surface area contributed by atoms with Gasteiger partial charge in [0.15, 0.2) is 0 Å². The molecule has 2 aromatic rings. The molecule has 2 aromatic carbocycles. The lowest BCUT2D eigenvalue weighted by Gasteiger charge is -2.09. The minimum absolute atomic E-state index is 0.103. The van der Waals surface area contributed by atoms with E-state index >= 15 is 0 Å². The van der Waals surface area contributed by atoms with Crippen molar-refractivity contribution in [2.24, 2.45) is 0 Å². The Morgan fingerprint density at radius 1 is 1.15 bits per heavy atom. The Bertz CT molecular complexity index is 587. The van der Waals surface area contributed by atoms with E-state index in [1.807, 2.05) is 30.3 Å². The van der Waals surface area contributed by atoms with E-state index in [1.54, 1.807) is 25.3 Å². The third kappa shape index (κ3) is 3.82. The van der Waals surface area contributed by atoms with Crippen LogP contribution >= 0.6 is 0 Å². The molecule has 1 atom stereocenters. The number of nitrogen functional groups attached to an aromatic ring is 1. The molecule has 0 aliphatic heterocycles. The van der Waals surface area contributed by atoms with Crippen molar-refractivity contribution in [2.75, 3.05) is 18.8 Å². The monoisotopic (exact) mass is 291 g/mol. The molecular formula is C15H17NO3S. The van der Waals surface area contributed by atoms with Crippen molar-refractivity contribution in [2.45, 2.75) is 11.5 Å². The molecule has 0 amide bonds. The highest BCUT2D eigenvalue weighted by Gasteiger charge is 2.10. The summed E-state index contributed by atoms with van der Waals surface area (Å²) in [7, 11) is 0.252. The fourth-order valence-electron chi connectivity index (χ4n) is 1.71. The van der Waals surface area contributed by atoms with E-state index in [0.717, 1.165) is 5.56 Å². The van der Waals surface area contributed by atoms with E-state index in [9.17, 15) is 4.21 Å². The summed E-state index contributed by atoms with van der Waals surface area (Å²) in [4.78, 5) is 0.539. The summed E-state index contributed by atoms with van der Waals surface area (Å²) >= 11 is 0. The van der Waals surface area contributed by atoms with Gasteiger partial charge in [-0.3, -0.25) is 4.21 Å². The lowest BCUT2D eigenvalue weighted by molar-refractivity contribution is 0.166. The molecule has 0 heterocycles. The van der Waals surface area contributed by atoms with Crippen molar-refractivity contribution < 1.29 is 13.7 Å². The molecule has 0 aromatic heterocycles. The summed E-state index contributed by atoms with van der Waals surface area (Å²) in [5, 5.41) is 0. The van der Waals surface area contributed by atoms with Crippen LogP contribution in [0.5, 0.6) is 5.75 Å². The molecule has 0 bridgehead atoms. The van der Waals surface area contributed by atoms with Gasteiger partial charge in [-0.1, -0.05) is 30.3 Å². The first-order valence-corrected chi connectivity index (χ1v) is 7.46. The molecule has 0 spiro atoms. The molecule has 5 heteroatoms. The van der Waals surface area contributed by atoms with Crippen molar-refractivity contribution in [3.05, 3.63) is 54.1 Å². The van der Waals surface area contributed by atoms with Gasteiger partial charge in [0.05, 0.1) is 29.4 Å². The van der Waals surface area contributed by atoms with Crippen LogP contribution in [0.15, 0.2) is 53.4 Å². The Kier molecular flexibility index (Phi) is 5.15. The summed E-state index contributed by atoms with van der Waals surface area (Å²) in [6.07, 6.45) is 0. The SMILES string of the molecule is COc1ccc(N)c(S(=O)COCc2ccccc2)c1. The summed E-state index contributed by atoms with van der Waals surface area (Å²) in [5.74, 6) is 0.734. The first-order chi connectivity index (χ1) is 9.70. The molecular weight excluding hydrogens is 274 g/mol. The van der Waals surface area contributed by atoms with Crippen molar-refractivity contribution in [3.63, 3.8) is 0 Å². The minimum atomic E-state index is -1.31. The van der Waals surface area contributed by atoms with Crippen LogP contribution in [0.4, 0.5) is 5.69 Å². The highest BCUT2D eigenvalue weighted by molar-refractivity contribution is 7.85. The molecule has 2 rings (SSSR count). The molecule has 0 aliphatic carbocycles. The number of methoxy groups -OCH3 is 1. The molecule has 20 heavy (non-hydrogen) atoms. The van der Waals surface area contributed by atoms with E-state index in [-0.39, 0.29) is 5.94 Å². The van der Waals surface area contributed by atoms with Crippen molar-refractivity contribution in [3.8, 4) is 5.75 Å². The second-order valence-corrected chi connectivity index (χ2v) is 5.57. The van der Waals surface area contributed by atoms with Crippen LogP contribution in [0, 0.1) is 0 Å². The average molecular weight is 291 g/mol. The van der Waals surface area contributed by atoms with Crippen molar-refractivity contribution >= 4 is 16.5 Å². The van der Waals surface area contributed by atoms with Gasteiger partial charge >= 0.3 is 0 Å². The van der Waals surface area contributed by atoms with Crippen LogP contribution in [0.3, 0.4) is 0 Å². The van der Waals surface area contributed by atoms with Gasteiger partial charge in [-0.2, -0.15) is 0 Å². The van der Waals surface area contributed by atoms with Gasteiger partial charge in [0.2, 0.25) is 0 Å². The molecule has 2 N–H and O–H groups in total. The molecule has 0 radical (unpaired) electrons. The third-order valence-electron chi connectivity index (χ3n) is 2.77. The summed E-state index contributed by atoms with van der Waals surface area (Å²) < 4.78 is 22.7. The van der Waals surface area contributed by atoms with E-state index in [2.05, 4.69) is 0 Å². The smallest absolute Gasteiger partial charge is 0.127 e. The summed E-state index contributed by atoms with van der Waals surface area (Å²) in [6.45, 7) is 0.427. The van der Waals surface area contributed by atoms with Crippen LogP contribution in [-0.2, 0) is 22.1 Å². The fraction of sp³-hybridized carbons (Fsp3) is 0.200. The quantitative estimate of drug-likeness (QED) is 0.831. The predicted molar refractivity (Wildman–Crippen MR) is 79.9 cm³/mol. The first-order valence-electron chi connectivity index (χ1n) is 6.14. The Morgan fingerprint density at radius 2 is 1.90 bits per heavy atom. The maximum atomic E-state index is 12.2. The maximum absolute atomic E-state index is 12.2. The zero-order valence-corrected chi connectivity index (χ0v) is 12.1. The topological polar surface area (TPSA) is 61.5 Å². The molecule has 4 nitrogen and oxygen atoms in total. The molecule has 106 valence electrons. The first kappa shape index (κ1) is 14.6. The zero-order valence-electron chi connectivity index (χ0n) is 11.2. The Morgan fingerprint density at radius 3 is 2.60 bits per heavy atom. The molecule has 1 unspecified atom stereocenters. The number of rotatable bonds is 6. The molecule has 0 aliphatic rings. The number of nitrogens with two attached hydrogens (primary N) is 1. The highest BCUT2D eigenvalue weighted by atomic mass is 32.2. The van der Waals surface area contributed by atoms with Gasteiger partial charge in [0.1, 0.15) is 11.7 Å². The highest BCUT2D eigenvalue weighted by Crippen LogP contribution is 2.23. The van der Waals surface area contributed by atoms with Crippen molar-refractivity contribution in [1.29, 1.82) is 0 Å². The predicted octanol–water partition coefficient (Wildman–Crippen LogP) is 2.56. The van der Waals surface area contributed by atoms with E-state index < -0.39 is 10.8 Å². The maximum Gasteiger partial charge on any atom is 0.127 e. The van der Waals surface area contributed by atoms with Gasteiger partial charge < -0.3 is 15.2 Å². The standard InChI is InChI=1S/C15H17NO3S/c1-18-13-7-8-14(16)15(9-13)20(17)11-19-10-12-5-3-2-4-6-12/h2-9H,10-11,16H2,1H3. The molecule has 0 saturated heterocycles. The van der Waals surface area contributed by atoms with Gasteiger partial charge in [-0.15, -0.1) is 0 Å². The third-order valence-corrected chi connectivity index (χ3v) is 3.99. The molecule has 0 fully saturated rings. The molecule has 0 saturated carbocycles. The average Bonchev–Trinajstić information content (AvgIpc) is 2.48. The zero-order chi connectivity index (χ0) is 14.4. The minimum Gasteiger partial charge on any atom is -0.497 e. The summed E-state index contributed by atoms with van der Waals surface area (Å²) in [5.41, 5.74) is 7.35. The second kappa shape index (κ2) is 7.07. The van der Waals surface area contributed by atoms with Crippen LogP contribution < -0.4 is 10.5 Å². The second-order valence-electron chi connectivity index (χ2n) is 4.20. The van der Waals surface area contributed by atoms with Crippen LogP contribution in [0.2, 0.25) is 0 Å². The normalized spacial score (nSPS) is 12.1. The number of hydrogen-bond donors (Lipinski definition) is 1. The van der Waals surface area contributed by atoms with E-state index in [4.69, 9.17) is 15.2 Å². The van der Waals surface area contributed by atoms with Gasteiger partial charge in [0, 0.05) is 5.69 Å². The van der Waals surface area contributed by atoms with Gasteiger partial charge in [0.25, 0.3) is 0 Å². The van der Waals surface area contributed by atoms with Gasteiger partial charge in [-0.05, 0) is 23.8 Å². The van der Waals surface area contributed by atoms with Crippen LogP contribution in [-0.4, -0.2) is 17.3 Å². The largest absolute Gasteiger partial charge is 0.497 e. The number of hydrogen-bond acceptors (Lipinski definition) is 4. The van der Waals surface area contributed by atoms with E-state index in [1.165, 1.54) is 0 Å². The van der Waals surface area contributed by atoms with Gasteiger partial charge in [-0.25, -0.2) is 0 Å². The van der Waals surface area contributed by atoms with Crippen LogP contribution in [0.25, 0.3) is 0 Å². The number of benzene rings is 2. The number of ether oxygens (including phenoxy) is 2. The lowest BCUT2D eigenvalue weighted by Crippen LogP contribution is -2.06. The lowest BCUT2D eigenvalue weighted by atomic mass is 10.2. The van der Waals surface area contributed by atoms with E-state index in [0.29, 0.717) is 22.9 Å². The van der Waals surface area contributed by atoms with Crippen LogP contribution in [0.1, 0.15) is 5.56 Å². The number of anilines is 1. The fourth-order valence-corrected chi connectivity index (χ4v) is 2.65. The Hall–Kier alpha value is -1.85.